The number of aryl methyl sites for hydroxylation is 1. The van der Waals surface area contributed by atoms with Crippen LogP contribution in [-0.2, 0) is 0 Å². The molecule has 0 aliphatic heterocycles. The van der Waals surface area contributed by atoms with Gasteiger partial charge in [0.1, 0.15) is 5.69 Å². The molecule has 1 amide bonds. The number of rotatable bonds is 2. The first-order valence-corrected chi connectivity index (χ1v) is 3.37. The van der Waals surface area contributed by atoms with Crippen LogP contribution in [0.25, 0.3) is 0 Å². The zero-order valence-corrected chi connectivity index (χ0v) is 6.57. The molecule has 0 aliphatic carbocycles. The highest BCUT2D eigenvalue weighted by Gasteiger charge is 2.04. The van der Waals surface area contributed by atoms with Crippen molar-refractivity contribution in [2.24, 2.45) is 5.73 Å². The SMILES string of the molecule is Cc1cc(C(N)=O)ncc1C=O. The number of nitrogens with two attached hydrogens (primary N) is 1. The molecule has 0 bridgehead atoms. The van der Waals surface area contributed by atoms with Crippen molar-refractivity contribution in [1.82, 2.24) is 4.98 Å². The van der Waals surface area contributed by atoms with Crippen LogP contribution in [0.1, 0.15) is 26.4 Å². The van der Waals surface area contributed by atoms with Gasteiger partial charge in [-0.05, 0) is 18.6 Å². The summed E-state index contributed by atoms with van der Waals surface area (Å²) in [6.45, 7) is 1.72. The van der Waals surface area contributed by atoms with Crippen LogP contribution in [0.15, 0.2) is 12.3 Å². The highest BCUT2D eigenvalue weighted by molar-refractivity contribution is 5.91. The van der Waals surface area contributed by atoms with Gasteiger partial charge in [-0.2, -0.15) is 0 Å². The molecule has 0 atom stereocenters. The highest BCUT2D eigenvalue weighted by atomic mass is 16.1. The van der Waals surface area contributed by atoms with Gasteiger partial charge in [0.2, 0.25) is 0 Å². The minimum atomic E-state index is -0.587. The Morgan fingerprint density at radius 2 is 2.33 bits per heavy atom. The number of carbonyl (C=O) groups is 2. The first kappa shape index (κ1) is 8.39. The van der Waals surface area contributed by atoms with Crippen LogP contribution in [-0.4, -0.2) is 17.2 Å². The molecule has 0 unspecified atom stereocenters. The third-order valence-corrected chi connectivity index (χ3v) is 1.53. The van der Waals surface area contributed by atoms with Gasteiger partial charge in [-0.1, -0.05) is 0 Å². The third kappa shape index (κ3) is 1.47. The monoisotopic (exact) mass is 164 g/mol. The van der Waals surface area contributed by atoms with Crippen LogP contribution >= 0.6 is 0 Å². The maximum absolute atomic E-state index is 10.6. The lowest BCUT2D eigenvalue weighted by molar-refractivity contribution is 0.0994. The van der Waals surface area contributed by atoms with Crippen molar-refractivity contribution >= 4 is 12.2 Å². The summed E-state index contributed by atoms with van der Waals surface area (Å²) in [5.74, 6) is -0.587. The molecule has 1 aromatic heterocycles. The van der Waals surface area contributed by atoms with E-state index in [4.69, 9.17) is 5.73 Å². The zero-order chi connectivity index (χ0) is 9.14. The first-order chi connectivity index (χ1) is 5.65. The Hall–Kier alpha value is -1.71. The van der Waals surface area contributed by atoms with Crippen LogP contribution in [0.4, 0.5) is 0 Å². The van der Waals surface area contributed by atoms with Crippen molar-refractivity contribution in [3.8, 4) is 0 Å². The average Bonchev–Trinajstić information content (AvgIpc) is 2.04. The Labute approximate surface area is 69.4 Å². The standard InChI is InChI=1S/C8H8N2O2/c1-5-2-7(8(9)12)10-3-6(5)4-11/h2-4H,1H3,(H2,9,12). The number of aldehydes is 1. The number of hydrogen-bond donors (Lipinski definition) is 1. The smallest absolute Gasteiger partial charge is 0.267 e. The van der Waals surface area contributed by atoms with E-state index in [1.54, 1.807) is 6.92 Å². The Bertz CT molecular complexity index is 334. The van der Waals surface area contributed by atoms with Gasteiger partial charge >= 0.3 is 0 Å². The van der Waals surface area contributed by atoms with Crippen molar-refractivity contribution in [3.63, 3.8) is 0 Å². The van der Waals surface area contributed by atoms with Crippen LogP contribution in [0.2, 0.25) is 0 Å². The summed E-state index contributed by atoms with van der Waals surface area (Å²) in [5.41, 5.74) is 6.34. The van der Waals surface area contributed by atoms with Crippen LogP contribution in [0.3, 0.4) is 0 Å². The molecule has 4 heteroatoms. The molecule has 0 aromatic carbocycles. The van der Waals surface area contributed by atoms with Gasteiger partial charge < -0.3 is 5.73 Å². The van der Waals surface area contributed by atoms with Gasteiger partial charge in [-0.15, -0.1) is 0 Å². The van der Waals surface area contributed by atoms with Crippen LogP contribution in [0.5, 0.6) is 0 Å². The lowest BCUT2D eigenvalue weighted by atomic mass is 10.1. The molecular formula is C8H8N2O2. The lowest BCUT2D eigenvalue weighted by Crippen LogP contribution is -2.13. The number of aromatic nitrogens is 1. The Morgan fingerprint density at radius 1 is 1.67 bits per heavy atom. The number of amides is 1. The summed E-state index contributed by atoms with van der Waals surface area (Å²) in [4.78, 5) is 24.7. The van der Waals surface area contributed by atoms with E-state index in [-0.39, 0.29) is 5.69 Å². The predicted octanol–water partition coefficient (Wildman–Crippen LogP) is 0.301. The minimum absolute atomic E-state index is 0.179. The second kappa shape index (κ2) is 3.13. The van der Waals surface area contributed by atoms with Crippen LogP contribution in [0, 0.1) is 6.92 Å². The quantitative estimate of drug-likeness (QED) is 0.639. The molecule has 0 saturated heterocycles. The summed E-state index contributed by atoms with van der Waals surface area (Å²) in [7, 11) is 0. The summed E-state index contributed by atoms with van der Waals surface area (Å²) in [6.07, 6.45) is 2.02. The summed E-state index contributed by atoms with van der Waals surface area (Å²) < 4.78 is 0. The Balaban J connectivity index is 3.18. The fourth-order valence-corrected chi connectivity index (χ4v) is 0.825. The fourth-order valence-electron chi connectivity index (χ4n) is 0.825. The van der Waals surface area contributed by atoms with Gasteiger partial charge in [-0.3, -0.25) is 14.6 Å². The third-order valence-electron chi connectivity index (χ3n) is 1.53. The first-order valence-electron chi connectivity index (χ1n) is 3.37. The lowest BCUT2D eigenvalue weighted by Gasteiger charge is -1.98. The van der Waals surface area contributed by atoms with Crippen molar-refractivity contribution in [2.45, 2.75) is 6.92 Å². The molecule has 1 heterocycles. The largest absolute Gasteiger partial charge is 0.364 e. The van der Waals surface area contributed by atoms with E-state index in [1.807, 2.05) is 0 Å². The van der Waals surface area contributed by atoms with E-state index in [9.17, 15) is 9.59 Å². The summed E-state index contributed by atoms with van der Waals surface area (Å²) in [6, 6.07) is 1.49. The Kier molecular flexibility index (Phi) is 2.19. The predicted molar refractivity (Wildman–Crippen MR) is 42.9 cm³/mol. The second-order valence-corrected chi connectivity index (χ2v) is 2.41. The van der Waals surface area contributed by atoms with Crippen molar-refractivity contribution in [3.05, 3.63) is 29.1 Å². The van der Waals surface area contributed by atoms with Gasteiger partial charge in [0, 0.05) is 11.8 Å². The molecule has 12 heavy (non-hydrogen) atoms. The Morgan fingerprint density at radius 3 is 2.75 bits per heavy atom. The highest BCUT2D eigenvalue weighted by Crippen LogP contribution is 2.04. The minimum Gasteiger partial charge on any atom is -0.364 e. The number of pyridine rings is 1. The average molecular weight is 164 g/mol. The molecule has 62 valence electrons. The molecule has 1 rings (SSSR count). The molecule has 0 fully saturated rings. The molecule has 0 aliphatic rings. The molecule has 0 saturated carbocycles. The summed E-state index contributed by atoms with van der Waals surface area (Å²) in [5, 5.41) is 0. The van der Waals surface area contributed by atoms with E-state index in [2.05, 4.69) is 4.98 Å². The fraction of sp³-hybridized carbons (Fsp3) is 0.125. The van der Waals surface area contributed by atoms with Crippen molar-refractivity contribution in [1.29, 1.82) is 0 Å². The number of nitrogens with zero attached hydrogens (tertiary/aromatic N) is 1. The molecule has 1 aromatic rings. The number of carbonyl (C=O) groups excluding carboxylic acids is 2. The zero-order valence-electron chi connectivity index (χ0n) is 6.57. The van der Waals surface area contributed by atoms with Gasteiger partial charge in [0.05, 0.1) is 0 Å². The van der Waals surface area contributed by atoms with Gasteiger partial charge in [0.25, 0.3) is 5.91 Å². The van der Waals surface area contributed by atoms with Crippen molar-refractivity contribution < 1.29 is 9.59 Å². The van der Waals surface area contributed by atoms with Crippen molar-refractivity contribution in [2.75, 3.05) is 0 Å². The van der Waals surface area contributed by atoms with Crippen LogP contribution < -0.4 is 5.73 Å². The molecule has 0 spiro atoms. The van der Waals surface area contributed by atoms with E-state index < -0.39 is 5.91 Å². The number of hydrogen-bond acceptors (Lipinski definition) is 3. The second-order valence-electron chi connectivity index (χ2n) is 2.41. The van der Waals surface area contributed by atoms with Gasteiger partial charge in [0.15, 0.2) is 6.29 Å². The van der Waals surface area contributed by atoms with E-state index in [1.165, 1.54) is 12.3 Å². The molecule has 0 radical (unpaired) electrons. The maximum atomic E-state index is 10.6. The summed E-state index contributed by atoms with van der Waals surface area (Å²) >= 11 is 0. The molecular weight excluding hydrogens is 156 g/mol. The molecule has 4 nitrogen and oxygen atoms in total. The van der Waals surface area contributed by atoms with E-state index in [0.29, 0.717) is 17.4 Å². The topological polar surface area (TPSA) is 73.1 Å². The normalized spacial score (nSPS) is 9.42. The van der Waals surface area contributed by atoms with Gasteiger partial charge in [-0.25, -0.2) is 0 Å². The number of primary amides is 1. The maximum Gasteiger partial charge on any atom is 0.267 e. The molecule has 2 N–H and O–H groups in total. The van der Waals surface area contributed by atoms with E-state index >= 15 is 0 Å². The van der Waals surface area contributed by atoms with E-state index in [0.717, 1.165) is 0 Å².